The van der Waals surface area contributed by atoms with Crippen molar-refractivity contribution in [1.82, 2.24) is 6.15 Å². The zero-order valence-corrected chi connectivity index (χ0v) is 14.2. The molecule has 0 rings (SSSR count). The highest BCUT2D eigenvalue weighted by atomic mass is 32.3. The minimum atomic E-state index is -4.32. The van der Waals surface area contributed by atoms with E-state index in [9.17, 15) is 8.42 Å². The molecule has 7 heteroatoms. The van der Waals surface area contributed by atoms with Gasteiger partial charge in [0.15, 0.2) is 0 Å². The van der Waals surface area contributed by atoms with Gasteiger partial charge >= 0.3 is 10.4 Å². The van der Waals surface area contributed by atoms with Gasteiger partial charge < -0.3 is 10.9 Å². The normalized spacial score (nSPS) is 11.3. The fraction of sp³-hybridized carbons (Fsp3) is 1.00. The largest absolute Gasteiger partial charge is 0.397 e. The molecule has 0 atom stereocenters. The Hall–Kier alpha value is -0.210. The molecule has 0 amide bonds. The van der Waals surface area contributed by atoms with E-state index in [-0.39, 0.29) is 19.4 Å². The van der Waals surface area contributed by atoms with Crippen LogP contribution in [0.15, 0.2) is 0 Å². The predicted molar refractivity (Wildman–Crippen MR) is 85.2 cm³/mol. The van der Waals surface area contributed by atoms with Gasteiger partial charge in [-0.2, -0.15) is 8.42 Å². The molecular formula is C14H33NO5S. The van der Waals surface area contributed by atoms with Gasteiger partial charge in [0.05, 0.1) is 13.2 Å². The van der Waals surface area contributed by atoms with Crippen LogP contribution in [0.5, 0.6) is 0 Å². The van der Waals surface area contributed by atoms with Gasteiger partial charge in [-0.1, -0.05) is 64.7 Å². The van der Waals surface area contributed by atoms with Crippen LogP contribution in [0.1, 0.15) is 71.1 Å². The summed E-state index contributed by atoms with van der Waals surface area (Å²) >= 11 is 0. The highest BCUT2D eigenvalue weighted by Crippen LogP contribution is 2.10. The van der Waals surface area contributed by atoms with Crippen LogP contribution in [0, 0.1) is 0 Å². The van der Waals surface area contributed by atoms with Gasteiger partial charge in [0.25, 0.3) is 0 Å². The molecule has 0 aromatic carbocycles. The maximum Gasteiger partial charge on any atom is 0.397 e. The van der Waals surface area contributed by atoms with E-state index in [2.05, 4.69) is 11.1 Å². The van der Waals surface area contributed by atoms with Crippen LogP contribution >= 0.6 is 0 Å². The van der Waals surface area contributed by atoms with Crippen molar-refractivity contribution in [1.29, 1.82) is 0 Å². The molecule has 130 valence electrons. The number of hydrogen-bond acceptors (Lipinski definition) is 5. The summed E-state index contributed by atoms with van der Waals surface area (Å²) in [6.07, 6.45) is 12.7. The first-order chi connectivity index (χ1) is 9.56. The summed E-state index contributed by atoms with van der Waals surface area (Å²) in [5, 5.41) is 0. The molecule has 0 aliphatic rings. The van der Waals surface area contributed by atoms with Crippen molar-refractivity contribution < 1.29 is 21.9 Å². The maximum absolute atomic E-state index is 10.2. The van der Waals surface area contributed by atoms with Crippen molar-refractivity contribution >= 4 is 10.4 Å². The third-order valence-electron chi connectivity index (χ3n) is 3.10. The summed E-state index contributed by atoms with van der Waals surface area (Å²) in [4.78, 5) is 0. The average Bonchev–Trinajstić information content (AvgIpc) is 2.38. The molecule has 0 unspecified atom stereocenters. The number of ether oxygens (including phenoxy) is 1. The second-order valence-corrected chi connectivity index (χ2v) is 6.14. The van der Waals surface area contributed by atoms with Gasteiger partial charge in [-0.25, -0.2) is 4.18 Å². The van der Waals surface area contributed by atoms with Gasteiger partial charge in [0, 0.05) is 6.61 Å². The van der Waals surface area contributed by atoms with Gasteiger partial charge in [-0.15, -0.1) is 0 Å². The molecule has 0 bridgehead atoms. The average molecular weight is 327 g/mol. The first-order valence-corrected chi connectivity index (χ1v) is 9.12. The molecule has 0 heterocycles. The van der Waals surface area contributed by atoms with Crippen molar-refractivity contribution in [2.24, 2.45) is 0 Å². The predicted octanol–water partition coefficient (Wildman–Crippen LogP) is 3.91. The SMILES string of the molecule is CCCCCCCCCCCCOCCOS(=O)(=O)O.N. The number of rotatable bonds is 15. The van der Waals surface area contributed by atoms with E-state index in [1.54, 1.807) is 0 Å². The molecule has 0 radical (unpaired) electrons. The minimum absolute atomic E-state index is 0. The van der Waals surface area contributed by atoms with Crippen LogP contribution in [0.4, 0.5) is 0 Å². The Morgan fingerprint density at radius 1 is 0.762 bits per heavy atom. The summed E-state index contributed by atoms with van der Waals surface area (Å²) in [5.41, 5.74) is 0. The van der Waals surface area contributed by atoms with Crippen molar-refractivity contribution in [2.45, 2.75) is 71.1 Å². The molecule has 0 aromatic heterocycles. The van der Waals surface area contributed by atoms with Crippen LogP contribution in [-0.2, 0) is 19.3 Å². The first kappa shape index (κ1) is 23.1. The fourth-order valence-corrected chi connectivity index (χ4v) is 2.27. The van der Waals surface area contributed by atoms with E-state index in [4.69, 9.17) is 9.29 Å². The Bertz CT molecular complexity index is 296. The van der Waals surface area contributed by atoms with Crippen LogP contribution in [0.2, 0.25) is 0 Å². The molecule has 0 saturated carbocycles. The van der Waals surface area contributed by atoms with Crippen molar-refractivity contribution in [3.05, 3.63) is 0 Å². The lowest BCUT2D eigenvalue weighted by molar-refractivity contribution is 0.0945. The smallest absolute Gasteiger partial charge is 0.379 e. The molecule has 0 saturated heterocycles. The molecule has 0 aliphatic carbocycles. The second-order valence-electron chi connectivity index (χ2n) is 5.04. The minimum Gasteiger partial charge on any atom is -0.379 e. The van der Waals surface area contributed by atoms with Gasteiger partial charge in [-0.3, -0.25) is 4.55 Å². The van der Waals surface area contributed by atoms with E-state index in [1.165, 1.54) is 51.4 Å². The lowest BCUT2D eigenvalue weighted by Gasteiger charge is -2.04. The number of unbranched alkanes of at least 4 members (excludes halogenated alkanes) is 9. The molecule has 0 aromatic rings. The fourth-order valence-electron chi connectivity index (χ4n) is 1.99. The molecule has 4 N–H and O–H groups in total. The highest BCUT2D eigenvalue weighted by molar-refractivity contribution is 7.80. The van der Waals surface area contributed by atoms with Crippen molar-refractivity contribution in [2.75, 3.05) is 19.8 Å². The van der Waals surface area contributed by atoms with Crippen LogP contribution < -0.4 is 6.15 Å². The third kappa shape index (κ3) is 22.2. The van der Waals surface area contributed by atoms with E-state index in [0.29, 0.717) is 6.61 Å². The summed E-state index contributed by atoms with van der Waals surface area (Å²) in [7, 11) is -4.32. The van der Waals surface area contributed by atoms with Crippen LogP contribution in [-0.4, -0.2) is 32.8 Å². The summed E-state index contributed by atoms with van der Waals surface area (Å²) in [6.45, 7) is 2.91. The second kappa shape index (κ2) is 16.2. The van der Waals surface area contributed by atoms with E-state index >= 15 is 0 Å². The van der Waals surface area contributed by atoms with E-state index in [1.807, 2.05) is 0 Å². The van der Waals surface area contributed by atoms with Crippen molar-refractivity contribution in [3.63, 3.8) is 0 Å². The first-order valence-electron chi connectivity index (χ1n) is 7.76. The van der Waals surface area contributed by atoms with Gasteiger partial charge in [0.2, 0.25) is 0 Å². The van der Waals surface area contributed by atoms with Gasteiger partial charge in [0.1, 0.15) is 0 Å². The number of hydrogen-bond donors (Lipinski definition) is 2. The lowest BCUT2D eigenvalue weighted by Crippen LogP contribution is -2.10. The molecule has 0 fully saturated rings. The van der Waals surface area contributed by atoms with Crippen LogP contribution in [0.25, 0.3) is 0 Å². The van der Waals surface area contributed by atoms with E-state index in [0.717, 1.165) is 12.8 Å². The highest BCUT2D eigenvalue weighted by Gasteiger charge is 2.02. The van der Waals surface area contributed by atoms with Crippen molar-refractivity contribution in [3.8, 4) is 0 Å². The summed E-state index contributed by atoms with van der Waals surface area (Å²) < 4.78 is 38.1. The zero-order chi connectivity index (χ0) is 15.1. The molecule has 21 heavy (non-hydrogen) atoms. The summed E-state index contributed by atoms with van der Waals surface area (Å²) in [6, 6.07) is 0. The molecular weight excluding hydrogens is 294 g/mol. The molecule has 6 nitrogen and oxygen atoms in total. The Morgan fingerprint density at radius 2 is 1.24 bits per heavy atom. The van der Waals surface area contributed by atoms with Gasteiger partial charge in [-0.05, 0) is 6.42 Å². The Labute approximate surface area is 130 Å². The third-order valence-corrected chi connectivity index (χ3v) is 3.57. The monoisotopic (exact) mass is 327 g/mol. The quantitative estimate of drug-likeness (QED) is 0.349. The maximum atomic E-state index is 10.2. The topological polar surface area (TPSA) is 108 Å². The van der Waals surface area contributed by atoms with Crippen LogP contribution in [0.3, 0.4) is 0 Å². The summed E-state index contributed by atoms with van der Waals surface area (Å²) in [5.74, 6) is 0. The lowest BCUT2D eigenvalue weighted by atomic mass is 10.1. The Balaban J connectivity index is 0. The molecule has 0 aliphatic heterocycles. The standard InChI is InChI=1S/C14H30O5S.H3N/c1-2-3-4-5-6-7-8-9-10-11-12-18-13-14-19-20(15,16)17;/h2-14H2,1H3,(H,15,16,17);1H3. The van der Waals surface area contributed by atoms with E-state index < -0.39 is 10.4 Å². The Kier molecular flexibility index (Phi) is 17.8. The zero-order valence-electron chi connectivity index (χ0n) is 13.4. The molecule has 0 spiro atoms. The Morgan fingerprint density at radius 3 is 1.71 bits per heavy atom.